The Morgan fingerprint density at radius 2 is 1.19 bits per heavy atom. The van der Waals surface area contributed by atoms with Gasteiger partial charge in [-0.2, -0.15) is 11.8 Å². The quantitative estimate of drug-likeness (QED) is 0.0691. The zero-order valence-electron chi connectivity index (χ0n) is 30.2. The lowest BCUT2D eigenvalue weighted by atomic mass is 9.91. The lowest BCUT2D eigenvalue weighted by Crippen LogP contribution is -2.34. The average Bonchev–Trinajstić information content (AvgIpc) is 3.01. The number of rotatable bonds is 23. The first kappa shape index (κ1) is 46.3. The lowest BCUT2D eigenvalue weighted by Gasteiger charge is -2.24. The van der Waals surface area contributed by atoms with Gasteiger partial charge in [0.25, 0.3) is 0 Å². The molecule has 0 amide bonds. The third-order valence-corrected chi connectivity index (χ3v) is 9.18. The van der Waals surface area contributed by atoms with E-state index in [-0.39, 0.29) is 32.0 Å². The molecule has 0 radical (unpaired) electrons. The highest BCUT2D eigenvalue weighted by Crippen LogP contribution is 2.25. The van der Waals surface area contributed by atoms with E-state index in [1.54, 1.807) is 27.7 Å². The van der Waals surface area contributed by atoms with Gasteiger partial charge in [0.15, 0.2) is 6.10 Å². The number of carbonyl (C=O) groups excluding carboxylic acids is 4. The minimum Gasteiger partial charge on any atom is -0.481 e. The Hall–Kier alpha value is -2.83. The van der Waals surface area contributed by atoms with Crippen LogP contribution in [0.3, 0.4) is 0 Å². The molecule has 0 rings (SSSR count). The minimum absolute atomic E-state index is 0.0620. The molecule has 2 unspecified atom stereocenters. The van der Waals surface area contributed by atoms with Crippen molar-refractivity contribution in [3.05, 3.63) is 0 Å². The van der Waals surface area contributed by atoms with E-state index < -0.39 is 58.6 Å². The van der Waals surface area contributed by atoms with Gasteiger partial charge >= 0.3 is 35.8 Å². The first-order chi connectivity index (χ1) is 21.7. The van der Waals surface area contributed by atoms with Gasteiger partial charge in [0.2, 0.25) is 0 Å². The molecule has 0 aromatic rings. The second-order valence-corrected chi connectivity index (χ2v) is 14.5. The molecule has 47 heavy (non-hydrogen) atoms. The molecular weight excluding hydrogens is 632 g/mol. The minimum atomic E-state index is -1.15. The summed E-state index contributed by atoms with van der Waals surface area (Å²) in [5.41, 5.74) is -1.98. The molecule has 0 heterocycles. The van der Waals surface area contributed by atoms with Crippen LogP contribution in [0.5, 0.6) is 0 Å². The van der Waals surface area contributed by atoms with E-state index in [0.29, 0.717) is 36.9 Å². The molecule has 274 valence electrons. The summed E-state index contributed by atoms with van der Waals surface area (Å²) < 4.78 is 21.2. The average molecular weight is 693 g/mol. The largest absolute Gasteiger partial charge is 0.481 e. The van der Waals surface area contributed by atoms with Gasteiger partial charge in [0.1, 0.15) is 13.2 Å². The second kappa shape index (κ2) is 23.5. The van der Waals surface area contributed by atoms with Crippen LogP contribution in [0.1, 0.15) is 121 Å². The van der Waals surface area contributed by atoms with Crippen LogP contribution in [-0.2, 0) is 47.7 Å². The van der Waals surface area contributed by atoms with Crippen molar-refractivity contribution in [1.29, 1.82) is 0 Å². The van der Waals surface area contributed by atoms with Crippen LogP contribution in [0, 0.1) is 22.2 Å². The lowest BCUT2D eigenvalue weighted by molar-refractivity contribution is -0.170. The topological polar surface area (TPSA) is 180 Å². The van der Waals surface area contributed by atoms with Crippen molar-refractivity contribution in [2.24, 2.45) is 22.2 Å². The maximum absolute atomic E-state index is 12.5. The molecule has 0 saturated carbocycles. The number of hydrogen-bond donors (Lipinski definition) is 2. The van der Waals surface area contributed by atoms with Crippen molar-refractivity contribution in [2.45, 2.75) is 127 Å². The van der Waals surface area contributed by atoms with Crippen LogP contribution in [-0.4, -0.2) is 83.5 Å². The standard InChI is InChI=1S/C28H48O10S.C6H12O2/c1-8-11-20(9-2)16-36-26(34)28(6,7)19-39-15-14-23(31)35-17-21(38-24(32)13-12-22(29)30)18-37-25(33)27(4,5)10-3;1-4-6(2,3)5(7)8/h20-21H,8-19H2,1-7H3,(H,29,30);4H2,1-3H3,(H,7,8). The third kappa shape index (κ3) is 21.6. The van der Waals surface area contributed by atoms with Gasteiger partial charge in [-0.25, -0.2) is 0 Å². The highest BCUT2D eigenvalue weighted by molar-refractivity contribution is 7.99. The maximum Gasteiger partial charge on any atom is 0.312 e. The monoisotopic (exact) mass is 692 g/mol. The van der Waals surface area contributed by atoms with Crippen molar-refractivity contribution in [3.8, 4) is 0 Å². The zero-order valence-corrected chi connectivity index (χ0v) is 31.0. The Labute approximate surface area is 285 Å². The van der Waals surface area contributed by atoms with E-state index in [4.69, 9.17) is 29.2 Å². The zero-order chi connectivity index (χ0) is 36.8. The molecule has 0 aliphatic rings. The molecule has 0 aliphatic heterocycles. The van der Waals surface area contributed by atoms with E-state index >= 15 is 0 Å². The third-order valence-electron chi connectivity index (χ3n) is 7.76. The van der Waals surface area contributed by atoms with Crippen LogP contribution < -0.4 is 0 Å². The Balaban J connectivity index is 0. The predicted molar refractivity (Wildman–Crippen MR) is 180 cm³/mol. The molecular formula is C34H60O12S. The fourth-order valence-electron chi connectivity index (χ4n) is 3.23. The first-order valence-corrected chi connectivity index (χ1v) is 17.6. The van der Waals surface area contributed by atoms with Gasteiger partial charge in [0.05, 0.1) is 42.1 Å². The van der Waals surface area contributed by atoms with Gasteiger partial charge in [-0.05, 0) is 66.7 Å². The Morgan fingerprint density at radius 1 is 0.660 bits per heavy atom. The number of carbonyl (C=O) groups is 6. The summed E-state index contributed by atoms with van der Waals surface area (Å²) in [5, 5.41) is 17.2. The van der Waals surface area contributed by atoms with Crippen LogP contribution in [0.4, 0.5) is 0 Å². The van der Waals surface area contributed by atoms with E-state index in [9.17, 15) is 28.8 Å². The van der Waals surface area contributed by atoms with Gasteiger partial charge < -0.3 is 29.2 Å². The number of ether oxygens (including phenoxy) is 4. The molecule has 0 saturated heterocycles. The molecule has 2 atom stereocenters. The summed E-state index contributed by atoms with van der Waals surface area (Å²) in [6.07, 6.45) is 2.47. The van der Waals surface area contributed by atoms with Crippen molar-refractivity contribution < 1.29 is 57.9 Å². The summed E-state index contributed by atoms with van der Waals surface area (Å²) in [6, 6.07) is 0. The van der Waals surface area contributed by atoms with E-state index in [2.05, 4.69) is 13.8 Å². The molecule has 0 aromatic heterocycles. The highest BCUT2D eigenvalue weighted by atomic mass is 32.2. The van der Waals surface area contributed by atoms with Crippen LogP contribution in [0.15, 0.2) is 0 Å². The van der Waals surface area contributed by atoms with Crippen LogP contribution in [0.2, 0.25) is 0 Å². The summed E-state index contributed by atoms with van der Waals surface area (Å²) >= 11 is 1.43. The number of thioether (sulfide) groups is 1. The molecule has 0 aromatic carbocycles. The number of esters is 4. The van der Waals surface area contributed by atoms with E-state index in [0.717, 1.165) is 19.3 Å². The Morgan fingerprint density at radius 3 is 1.66 bits per heavy atom. The van der Waals surface area contributed by atoms with Gasteiger partial charge in [0, 0.05) is 11.5 Å². The maximum atomic E-state index is 12.5. The Bertz CT molecular complexity index is 990. The second-order valence-electron chi connectivity index (χ2n) is 13.4. The fraction of sp³-hybridized carbons (Fsp3) is 0.824. The summed E-state index contributed by atoms with van der Waals surface area (Å²) in [5.74, 6) is -2.73. The summed E-state index contributed by atoms with van der Waals surface area (Å²) in [4.78, 5) is 70.0. The van der Waals surface area contributed by atoms with Crippen molar-refractivity contribution >= 4 is 47.6 Å². The van der Waals surface area contributed by atoms with Crippen LogP contribution >= 0.6 is 11.8 Å². The van der Waals surface area contributed by atoms with Crippen molar-refractivity contribution in [2.75, 3.05) is 31.3 Å². The SMILES string of the molecule is CCC(C)(C)C(=O)O.CCCC(CC)COC(=O)C(C)(C)CSCCC(=O)OCC(COC(=O)C(C)(C)CC)OC(=O)CCC(=O)O. The number of carboxylic acid groups (broad SMARTS) is 2. The predicted octanol–water partition coefficient (Wildman–Crippen LogP) is 6.31. The number of aliphatic carboxylic acids is 2. The molecule has 0 fully saturated rings. The molecule has 0 aliphatic carbocycles. The fourth-order valence-corrected chi connectivity index (χ4v) is 4.32. The van der Waals surface area contributed by atoms with Gasteiger partial charge in [-0.1, -0.05) is 40.5 Å². The molecule has 2 N–H and O–H groups in total. The van der Waals surface area contributed by atoms with Crippen molar-refractivity contribution in [3.63, 3.8) is 0 Å². The van der Waals surface area contributed by atoms with E-state index in [1.165, 1.54) is 11.8 Å². The summed E-state index contributed by atoms with van der Waals surface area (Å²) in [7, 11) is 0. The van der Waals surface area contributed by atoms with Gasteiger partial charge in [-0.3, -0.25) is 28.8 Å². The number of carboxylic acids is 2. The normalized spacial score (nSPS) is 12.9. The number of hydrogen-bond acceptors (Lipinski definition) is 11. The van der Waals surface area contributed by atoms with Crippen molar-refractivity contribution in [1.82, 2.24) is 0 Å². The highest BCUT2D eigenvalue weighted by Gasteiger charge is 2.31. The molecule has 12 nitrogen and oxygen atoms in total. The first-order valence-electron chi connectivity index (χ1n) is 16.4. The molecule has 0 bridgehead atoms. The smallest absolute Gasteiger partial charge is 0.312 e. The van der Waals surface area contributed by atoms with E-state index in [1.807, 2.05) is 27.7 Å². The molecule has 0 spiro atoms. The van der Waals surface area contributed by atoms with Gasteiger partial charge in [-0.15, -0.1) is 0 Å². The summed E-state index contributed by atoms with van der Waals surface area (Å²) in [6.45, 7) is 18.1. The molecule has 13 heteroatoms. The van der Waals surface area contributed by atoms with Crippen LogP contribution in [0.25, 0.3) is 0 Å². The Kier molecular flexibility index (Phi) is 23.1.